The van der Waals surface area contributed by atoms with Gasteiger partial charge in [0.15, 0.2) is 0 Å². The maximum absolute atomic E-state index is 14.3. The molecule has 0 radical (unpaired) electrons. The summed E-state index contributed by atoms with van der Waals surface area (Å²) in [5.74, 6) is 0.726. The first-order chi connectivity index (χ1) is 15.1. The Morgan fingerprint density at radius 1 is 1.19 bits per heavy atom. The molecule has 1 aromatic heterocycles. The number of carbonyl (C=O) groups excluding carboxylic acids is 2. The van der Waals surface area contributed by atoms with E-state index >= 15 is 0 Å². The highest BCUT2D eigenvalue weighted by Gasteiger charge is 2.34. The van der Waals surface area contributed by atoms with Crippen LogP contribution in [0.1, 0.15) is 46.0 Å². The van der Waals surface area contributed by atoms with E-state index in [1.165, 1.54) is 17.8 Å². The second-order valence-electron chi connectivity index (χ2n) is 7.81. The number of nitrogens with one attached hydrogen (secondary N) is 1. The largest absolute Gasteiger partial charge is 0.467 e. The summed E-state index contributed by atoms with van der Waals surface area (Å²) in [6.07, 6.45) is 3.71. The molecule has 1 aliphatic heterocycles. The van der Waals surface area contributed by atoms with Crippen molar-refractivity contribution in [2.75, 3.05) is 10.7 Å². The van der Waals surface area contributed by atoms with Gasteiger partial charge in [-0.25, -0.2) is 4.39 Å². The number of hydrogen-bond acceptors (Lipinski definition) is 4. The highest BCUT2D eigenvalue weighted by Crippen LogP contribution is 2.49. The standard InChI is InChI=1S/C24H21FN2O3S/c25-20-6-2-1-4-16(20)13-27-21-11-17(24(29)26-12-18-5-3-9-30-18)10-19(15-7-8-15)23(21)31-14-22(27)28/h1-6,9-11,15H,7-8,12-14H2,(H,26,29). The zero-order valence-electron chi connectivity index (χ0n) is 16.8. The van der Waals surface area contributed by atoms with Gasteiger partial charge in [-0.15, -0.1) is 11.8 Å². The summed E-state index contributed by atoms with van der Waals surface area (Å²) in [5.41, 5.74) is 2.75. The molecule has 1 saturated carbocycles. The summed E-state index contributed by atoms with van der Waals surface area (Å²) in [5, 5.41) is 2.88. The molecule has 5 nitrogen and oxygen atoms in total. The van der Waals surface area contributed by atoms with Crippen molar-refractivity contribution in [3.05, 3.63) is 83.1 Å². The Morgan fingerprint density at radius 3 is 2.77 bits per heavy atom. The minimum absolute atomic E-state index is 0.0874. The van der Waals surface area contributed by atoms with E-state index in [0.29, 0.717) is 34.2 Å². The molecule has 0 atom stereocenters. The fourth-order valence-electron chi connectivity index (χ4n) is 3.82. The van der Waals surface area contributed by atoms with Gasteiger partial charge >= 0.3 is 0 Å². The van der Waals surface area contributed by atoms with E-state index in [1.807, 2.05) is 6.07 Å². The Balaban J connectivity index is 1.49. The lowest BCUT2D eigenvalue weighted by atomic mass is 10.0. The Bertz CT molecular complexity index is 1140. The van der Waals surface area contributed by atoms with Gasteiger partial charge in [0.1, 0.15) is 11.6 Å². The van der Waals surface area contributed by atoms with E-state index in [4.69, 9.17) is 4.42 Å². The fraction of sp³-hybridized carbons (Fsp3) is 0.250. The molecular formula is C24H21FN2O3S. The Morgan fingerprint density at radius 2 is 2.03 bits per heavy atom. The van der Waals surface area contributed by atoms with Crippen molar-refractivity contribution in [1.82, 2.24) is 5.32 Å². The van der Waals surface area contributed by atoms with Crippen LogP contribution in [-0.4, -0.2) is 17.6 Å². The maximum Gasteiger partial charge on any atom is 0.251 e. The van der Waals surface area contributed by atoms with Crippen LogP contribution in [0.3, 0.4) is 0 Å². The Hall–Kier alpha value is -3.06. The van der Waals surface area contributed by atoms with Crippen molar-refractivity contribution in [1.29, 1.82) is 0 Å². The third kappa shape index (κ3) is 4.10. The van der Waals surface area contributed by atoms with E-state index in [1.54, 1.807) is 47.6 Å². The molecule has 7 heteroatoms. The molecule has 0 bridgehead atoms. The van der Waals surface area contributed by atoms with Gasteiger partial charge in [-0.05, 0) is 54.7 Å². The highest BCUT2D eigenvalue weighted by atomic mass is 32.2. The van der Waals surface area contributed by atoms with Crippen LogP contribution in [0, 0.1) is 5.82 Å². The van der Waals surface area contributed by atoms with Gasteiger partial charge in [0.05, 0.1) is 30.8 Å². The lowest BCUT2D eigenvalue weighted by molar-refractivity contribution is -0.116. The number of thioether (sulfide) groups is 1. The molecule has 2 heterocycles. The molecule has 2 amide bonds. The van der Waals surface area contributed by atoms with Gasteiger partial charge in [0, 0.05) is 16.0 Å². The van der Waals surface area contributed by atoms with Crippen LogP contribution >= 0.6 is 11.8 Å². The number of benzene rings is 2. The molecule has 2 aromatic carbocycles. The van der Waals surface area contributed by atoms with Gasteiger partial charge in [-0.2, -0.15) is 0 Å². The number of anilines is 1. The highest BCUT2D eigenvalue weighted by molar-refractivity contribution is 8.00. The molecule has 31 heavy (non-hydrogen) atoms. The SMILES string of the molecule is O=C(NCc1ccco1)c1cc(C2CC2)c2c(c1)N(Cc1ccccc1F)C(=O)CS2. The van der Waals surface area contributed by atoms with Crippen molar-refractivity contribution >= 4 is 29.3 Å². The molecule has 2 aliphatic rings. The summed E-state index contributed by atoms with van der Waals surface area (Å²) in [7, 11) is 0. The summed E-state index contributed by atoms with van der Waals surface area (Å²) in [4.78, 5) is 28.3. The monoisotopic (exact) mass is 436 g/mol. The number of hydrogen-bond donors (Lipinski definition) is 1. The maximum atomic E-state index is 14.3. The van der Waals surface area contributed by atoms with E-state index in [0.717, 1.165) is 23.3 Å². The first-order valence-electron chi connectivity index (χ1n) is 10.3. The van der Waals surface area contributed by atoms with E-state index in [-0.39, 0.29) is 30.7 Å². The number of carbonyl (C=O) groups is 2. The molecular weight excluding hydrogens is 415 g/mol. The van der Waals surface area contributed by atoms with E-state index in [2.05, 4.69) is 5.32 Å². The minimum atomic E-state index is -0.343. The second-order valence-corrected chi connectivity index (χ2v) is 8.80. The zero-order chi connectivity index (χ0) is 21.4. The predicted molar refractivity (Wildman–Crippen MR) is 117 cm³/mol. The summed E-state index contributed by atoms with van der Waals surface area (Å²) in [6, 6.07) is 13.7. The van der Waals surface area contributed by atoms with Crippen LogP contribution in [0.2, 0.25) is 0 Å². The van der Waals surface area contributed by atoms with Gasteiger partial charge in [0.25, 0.3) is 5.91 Å². The number of furan rings is 1. The Kier molecular flexibility index (Phi) is 5.28. The van der Waals surface area contributed by atoms with Crippen molar-refractivity contribution < 1.29 is 18.4 Å². The smallest absolute Gasteiger partial charge is 0.251 e. The molecule has 0 spiro atoms. The normalized spacial score (nSPS) is 15.6. The molecule has 3 aromatic rings. The number of halogens is 1. The number of fused-ring (bicyclic) bond motifs is 1. The minimum Gasteiger partial charge on any atom is -0.467 e. The van der Waals surface area contributed by atoms with Gasteiger partial charge in [-0.3, -0.25) is 9.59 Å². The molecule has 1 aliphatic carbocycles. The first kappa shape index (κ1) is 19.9. The van der Waals surface area contributed by atoms with Crippen LogP contribution in [0.25, 0.3) is 0 Å². The van der Waals surface area contributed by atoms with Crippen LogP contribution in [0.5, 0.6) is 0 Å². The third-order valence-corrected chi connectivity index (χ3v) is 6.72. The van der Waals surface area contributed by atoms with E-state index < -0.39 is 0 Å². The van der Waals surface area contributed by atoms with Crippen LogP contribution in [0.4, 0.5) is 10.1 Å². The zero-order valence-corrected chi connectivity index (χ0v) is 17.6. The fourth-order valence-corrected chi connectivity index (χ4v) is 4.95. The lowest BCUT2D eigenvalue weighted by Crippen LogP contribution is -2.36. The second kappa shape index (κ2) is 8.23. The van der Waals surface area contributed by atoms with Crippen molar-refractivity contribution in [2.24, 2.45) is 0 Å². The first-order valence-corrected chi connectivity index (χ1v) is 11.2. The topological polar surface area (TPSA) is 62.6 Å². The summed E-state index contributed by atoms with van der Waals surface area (Å²) < 4.78 is 19.6. The number of rotatable bonds is 6. The van der Waals surface area contributed by atoms with E-state index in [9.17, 15) is 14.0 Å². The van der Waals surface area contributed by atoms with Crippen LogP contribution < -0.4 is 10.2 Å². The summed E-state index contributed by atoms with van der Waals surface area (Å²) >= 11 is 1.51. The average Bonchev–Trinajstić information content (AvgIpc) is 3.49. The predicted octanol–water partition coefficient (Wildman–Crippen LogP) is 4.87. The molecule has 1 N–H and O–H groups in total. The van der Waals surface area contributed by atoms with Gasteiger partial charge in [-0.1, -0.05) is 18.2 Å². The average molecular weight is 437 g/mol. The Labute approximate surface area is 183 Å². The van der Waals surface area contributed by atoms with Crippen molar-refractivity contribution in [3.63, 3.8) is 0 Å². The quantitative estimate of drug-likeness (QED) is 0.599. The van der Waals surface area contributed by atoms with Gasteiger partial charge < -0.3 is 14.6 Å². The molecule has 5 rings (SSSR count). The molecule has 158 valence electrons. The lowest BCUT2D eigenvalue weighted by Gasteiger charge is -2.31. The van der Waals surface area contributed by atoms with Crippen LogP contribution in [-0.2, 0) is 17.9 Å². The van der Waals surface area contributed by atoms with Crippen molar-refractivity contribution in [3.8, 4) is 0 Å². The molecule has 0 saturated heterocycles. The third-order valence-electron chi connectivity index (χ3n) is 5.60. The number of nitrogens with zero attached hydrogens (tertiary/aromatic N) is 1. The molecule has 0 unspecified atom stereocenters. The van der Waals surface area contributed by atoms with Crippen molar-refractivity contribution in [2.45, 2.75) is 36.7 Å². The number of amides is 2. The molecule has 1 fully saturated rings. The van der Waals surface area contributed by atoms with Gasteiger partial charge in [0.2, 0.25) is 5.91 Å². The van der Waals surface area contributed by atoms with Crippen LogP contribution in [0.15, 0.2) is 64.1 Å². The summed E-state index contributed by atoms with van der Waals surface area (Å²) in [6.45, 7) is 0.426.